The third-order valence-electron chi connectivity index (χ3n) is 1.86. The van der Waals surface area contributed by atoms with Crippen molar-refractivity contribution in [2.45, 2.75) is 25.7 Å². The van der Waals surface area contributed by atoms with Gasteiger partial charge in [0.2, 0.25) is 0 Å². The molecular weight excluding hydrogens is 218 g/mol. The van der Waals surface area contributed by atoms with Crippen molar-refractivity contribution in [1.82, 2.24) is 0 Å². The number of hydrogen-bond acceptors (Lipinski definition) is 4. The molecule has 1 rings (SSSR count). The second kappa shape index (κ2) is 5.22. The van der Waals surface area contributed by atoms with Crippen molar-refractivity contribution in [3.63, 3.8) is 0 Å². The first-order valence-corrected chi connectivity index (χ1v) is 5.57. The number of benzene rings is 1. The predicted octanol–water partition coefficient (Wildman–Crippen LogP) is 1.19. The van der Waals surface area contributed by atoms with Crippen LogP contribution in [0.3, 0.4) is 0 Å². The Bertz CT molecular complexity index is 416. The summed E-state index contributed by atoms with van der Waals surface area (Å²) in [6.45, 7) is 5.22. The molecule has 0 atom stereocenters. The SMILES string of the molecule is Cc1cc(C)c(S(=O)(=O)O)c(C)c1.NO. The molecule has 86 valence electrons. The van der Waals surface area contributed by atoms with Crippen LogP contribution in [0, 0.1) is 20.8 Å². The van der Waals surface area contributed by atoms with E-state index in [4.69, 9.17) is 9.76 Å². The summed E-state index contributed by atoms with van der Waals surface area (Å²) in [7, 11) is -4.08. The van der Waals surface area contributed by atoms with E-state index >= 15 is 0 Å². The molecule has 0 fully saturated rings. The molecule has 0 spiro atoms. The highest BCUT2D eigenvalue weighted by Crippen LogP contribution is 2.20. The molecular formula is C9H15NO4S. The standard InChI is InChI=1S/C9H12O3S.H3NO/c1-6-4-7(2)9(8(3)5-6)13(10,11)12;1-2/h4-5H,1-3H3,(H,10,11,12);2H,1H2. The van der Waals surface area contributed by atoms with E-state index in [-0.39, 0.29) is 4.90 Å². The highest BCUT2D eigenvalue weighted by molar-refractivity contribution is 7.86. The molecule has 0 saturated heterocycles. The zero-order chi connectivity index (χ0) is 12.2. The van der Waals surface area contributed by atoms with E-state index in [1.54, 1.807) is 26.0 Å². The smallest absolute Gasteiger partial charge is 0.295 e. The van der Waals surface area contributed by atoms with Gasteiger partial charge < -0.3 is 5.21 Å². The van der Waals surface area contributed by atoms with Gasteiger partial charge in [-0.25, -0.2) is 5.90 Å². The lowest BCUT2D eigenvalue weighted by Crippen LogP contribution is -2.04. The maximum Gasteiger partial charge on any atom is 0.295 e. The van der Waals surface area contributed by atoms with Crippen LogP contribution in [0.2, 0.25) is 0 Å². The first kappa shape index (κ1) is 14.1. The zero-order valence-corrected chi connectivity index (χ0v) is 9.67. The molecule has 0 saturated carbocycles. The van der Waals surface area contributed by atoms with Gasteiger partial charge in [-0.3, -0.25) is 4.55 Å². The normalized spacial score (nSPS) is 10.5. The first-order valence-electron chi connectivity index (χ1n) is 4.13. The fourth-order valence-corrected chi connectivity index (χ4v) is 2.51. The van der Waals surface area contributed by atoms with Gasteiger partial charge in [0.25, 0.3) is 10.1 Å². The van der Waals surface area contributed by atoms with Crippen molar-refractivity contribution < 1.29 is 18.2 Å². The van der Waals surface area contributed by atoms with Gasteiger partial charge in [0.05, 0.1) is 4.90 Å². The van der Waals surface area contributed by atoms with Crippen molar-refractivity contribution in [3.8, 4) is 0 Å². The predicted molar refractivity (Wildman–Crippen MR) is 56.4 cm³/mol. The summed E-state index contributed by atoms with van der Waals surface area (Å²) in [6, 6.07) is 3.46. The van der Waals surface area contributed by atoms with Gasteiger partial charge >= 0.3 is 0 Å². The van der Waals surface area contributed by atoms with Crippen LogP contribution in [0.1, 0.15) is 16.7 Å². The summed E-state index contributed by atoms with van der Waals surface area (Å²) in [5, 5.41) is 6.50. The zero-order valence-electron chi connectivity index (χ0n) is 8.85. The third kappa shape index (κ3) is 3.60. The molecule has 6 heteroatoms. The maximum atomic E-state index is 10.9. The minimum absolute atomic E-state index is 0.0260. The lowest BCUT2D eigenvalue weighted by atomic mass is 10.1. The molecule has 1 aromatic carbocycles. The van der Waals surface area contributed by atoms with Crippen LogP contribution in [0.25, 0.3) is 0 Å². The van der Waals surface area contributed by atoms with E-state index < -0.39 is 10.1 Å². The Labute approximate surface area is 89.2 Å². The van der Waals surface area contributed by atoms with Crippen molar-refractivity contribution in [3.05, 3.63) is 28.8 Å². The average molecular weight is 233 g/mol. The number of aryl methyl sites for hydroxylation is 3. The van der Waals surface area contributed by atoms with Crippen molar-refractivity contribution in [2.24, 2.45) is 5.90 Å². The molecule has 0 bridgehead atoms. The second-order valence-electron chi connectivity index (χ2n) is 3.20. The average Bonchev–Trinajstić information content (AvgIpc) is 2.02. The molecule has 0 aliphatic heterocycles. The van der Waals surface area contributed by atoms with E-state index in [0.717, 1.165) is 5.56 Å². The summed E-state index contributed by atoms with van der Waals surface area (Å²) >= 11 is 0. The Morgan fingerprint density at radius 1 is 1.07 bits per heavy atom. The number of rotatable bonds is 1. The summed E-state index contributed by atoms with van der Waals surface area (Å²) < 4.78 is 30.8. The summed E-state index contributed by atoms with van der Waals surface area (Å²) in [5.74, 6) is 3.50. The summed E-state index contributed by atoms with van der Waals surface area (Å²) in [5.41, 5.74) is 2.16. The lowest BCUT2D eigenvalue weighted by molar-refractivity contribution is 0.311. The Morgan fingerprint density at radius 3 is 1.67 bits per heavy atom. The molecule has 0 radical (unpaired) electrons. The van der Waals surface area contributed by atoms with Crippen LogP contribution in [0.5, 0.6) is 0 Å². The monoisotopic (exact) mass is 233 g/mol. The number of nitrogens with two attached hydrogens (primary N) is 1. The van der Waals surface area contributed by atoms with Gasteiger partial charge in [0.1, 0.15) is 0 Å². The van der Waals surface area contributed by atoms with E-state index in [9.17, 15) is 8.42 Å². The van der Waals surface area contributed by atoms with Crippen LogP contribution in [-0.2, 0) is 10.1 Å². The van der Waals surface area contributed by atoms with Gasteiger partial charge in [0, 0.05) is 0 Å². The molecule has 5 nitrogen and oxygen atoms in total. The van der Waals surface area contributed by atoms with Gasteiger partial charge in [0.15, 0.2) is 0 Å². The molecule has 0 heterocycles. The van der Waals surface area contributed by atoms with Gasteiger partial charge in [-0.15, -0.1) is 0 Å². The van der Waals surface area contributed by atoms with E-state index in [1.807, 2.05) is 6.92 Å². The minimum atomic E-state index is -4.08. The van der Waals surface area contributed by atoms with E-state index in [2.05, 4.69) is 5.90 Å². The first-order chi connectivity index (χ1) is 6.82. The Balaban J connectivity index is 0.000000921. The minimum Gasteiger partial charge on any atom is -0.320 e. The topological polar surface area (TPSA) is 101 Å². The molecule has 15 heavy (non-hydrogen) atoms. The molecule has 0 aromatic heterocycles. The van der Waals surface area contributed by atoms with Gasteiger partial charge in [-0.2, -0.15) is 8.42 Å². The second-order valence-corrected chi connectivity index (χ2v) is 4.56. The maximum absolute atomic E-state index is 10.9. The fourth-order valence-electron chi connectivity index (χ4n) is 1.57. The Hall–Kier alpha value is -0.950. The van der Waals surface area contributed by atoms with Gasteiger partial charge in [-0.1, -0.05) is 17.7 Å². The molecule has 0 aliphatic rings. The molecule has 0 amide bonds. The summed E-state index contributed by atoms with van der Waals surface area (Å²) in [6.07, 6.45) is 0. The fraction of sp³-hybridized carbons (Fsp3) is 0.333. The van der Waals surface area contributed by atoms with Crippen molar-refractivity contribution >= 4 is 10.1 Å². The van der Waals surface area contributed by atoms with Crippen LogP contribution in [-0.4, -0.2) is 18.2 Å². The third-order valence-corrected chi connectivity index (χ3v) is 3.02. The van der Waals surface area contributed by atoms with Crippen molar-refractivity contribution in [2.75, 3.05) is 0 Å². The van der Waals surface area contributed by atoms with Crippen LogP contribution >= 0.6 is 0 Å². The van der Waals surface area contributed by atoms with Crippen molar-refractivity contribution in [1.29, 1.82) is 0 Å². The summed E-state index contributed by atoms with van der Waals surface area (Å²) in [4.78, 5) is 0.0260. The van der Waals surface area contributed by atoms with Gasteiger partial charge in [-0.05, 0) is 31.9 Å². The molecule has 0 aliphatic carbocycles. The van der Waals surface area contributed by atoms with Crippen LogP contribution in [0.15, 0.2) is 17.0 Å². The molecule has 1 aromatic rings. The quantitative estimate of drug-likeness (QED) is 0.499. The molecule has 0 unspecified atom stereocenters. The van der Waals surface area contributed by atoms with E-state index in [0.29, 0.717) is 11.1 Å². The van der Waals surface area contributed by atoms with Crippen LogP contribution in [0.4, 0.5) is 0 Å². The highest BCUT2D eigenvalue weighted by Gasteiger charge is 2.15. The highest BCUT2D eigenvalue weighted by atomic mass is 32.2. The number of hydrogen-bond donors (Lipinski definition) is 3. The Kier molecular flexibility index (Phi) is 4.89. The largest absolute Gasteiger partial charge is 0.320 e. The molecule has 4 N–H and O–H groups in total. The Morgan fingerprint density at radius 2 is 1.40 bits per heavy atom. The van der Waals surface area contributed by atoms with E-state index in [1.165, 1.54) is 0 Å². The van der Waals surface area contributed by atoms with Crippen LogP contribution < -0.4 is 5.90 Å². The lowest BCUT2D eigenvalue weighted by Gasteiger charge is -2.07.